The van der Waals surface area contributed by atoms with Crippen LogP contribution in [0.15, 0.2) is 52.4 Å². The quantitative estimate of drug-likeness (QED) is 0.201. The molecular weight excluding hydrogens is 567 g/mol. The van der Waals surface area contributed by atoms with E-state index in [1.54, 1.807) is 11.8 Å². The molecule has 0 unspecified atom stereocenters. The van der Waals surface area contributed by atoms with Crippen molar-refractivity contribution >= 4 is 63.2 Å². The fraction of sp³-hybridized carbons (Fsp3) is 0.320. The maximum absolute atomic E-state index is 13.1. The Hall–Kier alpha value is -2.53. The summed E-state index contributed by atoms with van der Waals surface area (Å²) in [7, 11) is 0. The molecule has 1 fully saturated rings. The van der Waals surface area contributed by atoms with E-state index in [0.29, 0.717) is 41.3 Å². The number of rotatable bonds is 10. The molecule has 1 aliphatic rings. The third-order valence-corrected chi connectivity index (χ3v) is 6.39. The first-order chi connectivity index (χ1) is 16.5. The lowest BCUT2D eigenvalue weighted by Crippen LogP contribution is -2.29. The number of ether oxygens (including phenoxy) is 3. The van der Waals surface area contributed by atoms with Gasteiger partial charge in [0.15, 0.2) is 23.3 Å². The summed E-state index contributed by atoms with van der Waals surface area (Å²) in [4.78, 5) is 31.9. The molecule has 0 saturated carbocycles. The van der Waals surface area contributed by atoms with Crippen molar-refractivity contribution in [2.45, 2.75) is 27.2 Å². The second-order valence-corrected chi connectivity index (χ2v) is 9.33. The number of hydrogen-bond acceptors (Lipinski definition) is 7. The van der Waals surface area contributed by atoms with E-state index in [1.807, 2.05) is 62.4 Å². The summed E-state index contributed by atoms with van der Waals surface area (Å²) in [5, 5.41) is 0.665. The molecule has 0 aliphatic carbocycles. The first kappa shape index (κ1) is 26.1. The molecule has 1 aliphatic heterocycles. The Labute approximate surface area is 217 Å². The number of nitrogens with zero attached hydrogens (tertiary/aromatic N) is 2. The van der Waals surface area contributed by atoms with Crippen molar-refractivity contribution in [2.24, 2.45) is 4.99 Å². The van der Waals surface area contributed by atoms with Crippen LogP contribution in [-0.4, -0.2) is 48.3 Å². The van der Waals surface area contributed by atoms with Crippen molar-refractivity contribution < 1.29 is 23.8 Å². The molecule has 0 bridgehead atoms. The molecule has 2 aromatic rings. The number of amidine groups is 1. The lowest BCUT2D eigenvalue weighted by Gasteiger charge is -2.14. The Morgan fingerprint density at radius 2 is 1.88 bits per heavy atom. The largest absolute Gasteiger partial charge is 0.490 e. The maximum Gasteiger partial charge on any atom is 0.344 e. The molecule has 0 radical (unpaired) electrons. The van der Waals surface area contributed by atoms with E-state index in [0.717, 1.165) is 21.2 Å². The van der Waals surface area contributed by atoms with Crippen molar-refractivity contribution in [1.82, 2.24) is 4.90 Å². The predicted molar refractivity (Wildman–Crippen MR) is 144 cm³/mol. The molecule has 1 heterocycles. The van der Waals surface area contributed by atoms with Crippen molar-refractivity contribution in [2.75, 3.05) is 26.4 Å². The van der Waals surface area contributed by atoms with E-state index in [9.17, 15) is 9.59 Å². The normalized spacial score (nSPS) is 15.8. The topological polar surface area (TPSA) is 77.4 Å². The van der Waals surface area contributed by atoms with Crippen LogP contribution in [-0.2, 0) is 14.3 Å². The molecule has 1 amide bonds. The molecule has 0 spiro atoms. The van der Waals surface area contributed by atoms with Gasteiger partial charge in [-0.05, 0) is 90.5 Å². The number of halogens is 1. The minimum atomic E-state index is -0.443. The molecule has 2 aromatic carbocycles. The zero-order valence-electron chi connectivity index (χ0n) is 19.4. The van der Waals surface area contributed by atoms with Crippen molar-refractivity contribution in [3.8, 4) is 11.5 Å². The number of aliphatic imine (C=N–C) groups is 1. The molecule has 0 atom stereocenters. The fourth-order valence-electron chi connectivity index (χ4n) is 3.18. The Balaban J connectivity index is 1.90. The number of carbonyl (C=O) groups is 2. The third kappa shape index (κ3) is 6.75. The SMILES string of the molecule is CCCN1C(=O)/C(=C\c2cc(I)c(OCC(=O)OCC)c(OCC)c2)SC1=Nc1ccccc1. The minimum absolute atomic E-state index is 0.0721. The van der Waals surface area contributed by atoms with Gasteiger partial charge in [-0.15, -0.1) is 0 Å². The zero-order chi connectivity index (χ0) is 24.5. The van der Waals surface area contributed by atoms with Gasteiger partial charge in [0, 0.05) is 6.54 Å². The average molecular weight is 594 g/mol. The molecule has 3 rings (SSSR count). The highest BCUT2D eigenvalue weighted by Gasteiger charge is 2.33. The Morgan fingerprint density at radius 3 is 2.56 bits per heavy atom. The van der Waals surface area contributed by atoms with E-state index >= 15 is 0 Å². The number of carbonyl (C=O) groups excluding carboxylic acids is 2. The lowest BCUT2D eigenvalue weighted by atomic mass is 10.2. The van der Waals surface area contributed by atoms with Crippen LogP contribution in [0.3, 0.4) is 0 Å². The van der Waals surface area contributed by atoms with Crippen LogP contribution >= 0.6 is 34.4 Å². The van der Waals surface area contributed by atoms with Gasteiger partial charge in [-0.3, -0.25) is 9.69 Å². The van der Waals surface area contributed by atoms with Gasteiger partial charge >= 0.3 is 5.97 Å². The van der Waals surface area contributed by atoms with Crippen LogP contribution in [0.4, 0.5) is 5.69 Å². The highest BCUT2D eigenvalue weighted by atomic mass is 127. The number of para-hydroxylation sites is 1. The van der Waals surface area contributed by atoms with Gasteiger partial charge in [0.2, 0.25) is 0 Å². The van der Waals surface area contributed by atoms with Gasteiger partial charge in [0.05, 0.1) is 27.4 Å². The van der Waals surface area contributed by atoms with E-state index in [2.05, 4.69) is 27.6 Å². The fourth-order valence-corrected chi connectivity index (χ4v) is 4.99. The molecule has 9 heteroatoms. The van der Waals surface area contributed by atoms with Crippen molar-refractivity contribution in [3.63, 3.8) is 0 Å². The molecule has 0 N–H and O–H groups in total. The summed E-state index contributed by atoms with van der Waals surface area (Å²) in [6.07, 6.45) is 2.66. The average Bonchev–Trinajstić information content (AvgIpc) is 3.09. The number of thioether (sulfide) groups is 1. The van der Waals surface area contributed by atoms with Crippen LogP contribution in [0.25, 0.3) is 6.08 Å². The second-order valence-electron chi connectivity index (χ2n) is 7.15. The molecular formula is C25H27IN2O5S. The van der Waals surface area contributed by atoms with Crippen LogP contribution in [0.5, 0.6) is 11.5 Å². The minimum Gasteiger partial charge on any atom is -0.490 e. The highest BCUT2D eigenvalue weighted by molar-refractivity contribution is 14.1. The molecule has 1 saturated heterocycles. The third-order valence-electron chi connectivity index (χ3n) is 4.59. The van der Waals surface area contributed by atoms with Gasteiger partial charge in [-0.25, -0.2) is 9.79 Å². The number of benzene rings is 2. The lowest BCUT2D eigenvalue weighted by molar-refractivity contribution is -0.145. The van der Waals surface area contributed by atoms with Crippen LogP contribution in [0, 0.1) is 3.57 Å². The van der Waals surface area contributed by atoms with Crippen molar-refractivity contribution in [1.29, 1.82) is 0 Å². The Kier molecular flexibility index (Phi) is 9.82. The standard InChI is InChI=1S/C25H27IN2O5S/c1-4-12-28-24(30)21(34-25(28)27-18-10-8-7-9-11-18)15-17-13-19(26)23(20(14-17)31-5-2)33-16-22(29)32-6-3/h7-11,13-15H,4-6,12,16H2,1-3H3/b21-15+,27-25?. The van der Waals surface area contributed by atoms with Gasteiger partial charge in [-0.1, -0.05) is 25.1 Å². The zero-order valence-corrected chi connectivity index (χ0v) is 22.4. The first-order valence-corrected chi connectivity index (χ1v) is 13.0. The van der Waals surface area contributed by atoms with Gasteiger partial charge in [-0.2, -0.15) is 0 Å². The summed E-state index contributed by atoms with van der Waals surface area (Å²) in [5.74, 6) is 0.463. The summed E-state index contributed by atoms with van der Waals surface area (Å²) < 4.78 is 17.2. The smallest absolute Gasteiger partial charge is 0.344 e. The second kappa shape index (κ2) is 12.8. The van der Waals surface area contributed by atoms with E-state index in [-0.39, 0.29) is 12.5 Å². The monoisotopic (exact) mass is 594 g/mol. The van der Waals surface area contributed by atoms with Crippen LogP contribution in [0.1, 0.15) is 32.8 Å². The molecule has 0 aromatic heterocycles. The summed E-state index contributed by atoms with van der Waals surface area (Å²) in [5.41, 5.74) is 1.60. The molecule has 34 heavy (non-hydrogen) atoms. The maximum atomic E-state index is 13.1. The van der Waals surface area contributed by atoms with Gasteiger partial charge < -0.3 is 14.2 Å². The van der Waals surface area contributed by atoms with Crippen LogP contribution < -0.4 is 9.47 Å². The van der Waals surface area contributed by atoms with E-state index in [1.165, 1.54) is 11.8 Å². The summed E-state index contributed by atoms with van der Waals surface area (Å²) in [6, 6.07) is 13.3. The summed E-state index contributed by atoms with van der Waals surface area (Å²) in [6.45, 7) is 6.76. The van der Waals surface area contributed by atoms with Gasteiger partial charge in [0.25, 0.3) is 5.91 Å². The number of amides is 1. The highest BCUT2D eigenvalue weighted by Crippen LogP contribution is 2.38. The summed E-state index contributed by atoms with van der Waals surface area (Å²) >= 11 is 3.49. The Bertz CT molecular complexity index is 1090. The molecule has 180 valence electrons. The van der Waals surface area contributed by atoms with Crippen molar-refractivity contribution in [3.05, 3.63) is 56.5 Å². The Morgan fingerprint density at radius 1 is 1.12 bits per heavy atom. The van der Waals surface area contributed by atoms with Gasteiger partial charge in [0.1, 0.15) is 0 Å². The van der Waals surface area contributed by atoms with E-state index < -0.39 is 5.97 Å². The van der Waals surface area contributed by atoms with E-state index in [4.69, 9.17) is 14.2 Å². The predicted octanol–water partition coefficient (Wildman–Crippen LogP) is 5.65. The number of esters is 1. The molecule has 7 nitrogen and oxygen atoms in total. The first-order valence-electron chi connectivity index (χ1n) is 11.1. The van der Waals surface area contributed by atoms with Crippen LogP contribution in [0.2, 0.25) is 0 Å². The number of hydrogen-bond donors (Lipinski definition) is 0.